The molecule has 0 spiro atoms. The van der Waals surface area contributed by atoms with Gasteiger partial charge in [0.15, 0.2) is 0 Å². The summed E-state index contributed by atoms with van der Waals surface area (Å²) in [5.74, 6) is 0. The van der Waals surface area contributed by atoms with Gasteiger partial charge in [-0.25, -0.2) is 0 Å². The second-order valence-electron chi connectivity index (χ2n) is 9.82. The molecule has 0 atom stereocenters. The third-order valence-electron chi connectivity index (χ3n) is 6.98. The fourth-order valence-electron chi connectivity index (χ4n) is 5.05. The summed E-state index contributed by atoms with van der Waals surface area (Å²) in [5, 5.41) is 15.0. The standard InChI is InChI=1S/C38H32N4/c1-2-33-34(28-18-8-3-9-19-28)36(40-30-22-12-5-13-23-30)38(42-32-26-16-7-17-27-32)37(41-31-24-14-6-15-25-31)35(33)39-29-20-10-4-11-21-29/h2-27,39-42H,1H2. The van der Waals surface area contributed by atoms with Gasteiger partial charge in [-0.15, -0.1) is 0 Å². The smallest absolute Gasteiger partial charge is 0.0891 e. The molecule has 0 radical (unpaired) electrons. The Morgan fingerprint density at radius 2 is 0.667 bits per heavy atom. The number of hydrogen-bond acceptors (Lipinski definition) is 4. The van der Waals surface area contributed by atoms with Crippen molar-refractivity contribution >= 4 is 51.6 Å². The normalized spacial score (nSPS) is 10.5. The van der Waals surface area contributed by atoms with Gasteiger partial charge in [0.1, 0.15) is 0 Å². The first kappa shape index (κ1) is 26.5. The summed E-state index contributed by atoms with van der Waals surface area (Å²) >= 11 is 0. The Bertz CT molecular complexity index is 1750. The zero-order chi connectivity index (χ0) is 28.6. The fourth-order valence-corrected chi connectivity index (χ4v) is 5.05. The first-order valence-electron chi connectivity index (χ1n) is 14.0. The van der Waals surface area contributed by atoms with Crippen LogP contribution in [0.15, 0.2) is 158 Å². The van der Waals surface area contributed by atoms with E-state index >= 15 is 0 Å². The molecule has 0 unspecified atom stereocenters. The lowest BCUT2D eigenvalue weighted by molar-refractivity contribution is 1.44. The van der Waals surface area contributed by atoms with Gasteiger partial charge in [0.05, 0.1) is 22.7 Å². The van der Waals surface area contributed by atoms with E-state index in [2.05, 4.69) is 101 Å². The molecule has 0 heterocycles. The summed E-state index contributed by atoms with van der Waals surface area (Å²) in [5.41, 5.74) is 10.6. The third kappa shape index (κ3) is 5.88. The Balaban J connectivity index is 1.70. The summed E-state index contributed by atoms with van der Waals surface area (Å²) in [4.78, 5) is 0. The van der Waals surface area contributed by atoms with Crippen molar-refractivity contribution in [3.05, 3.63) is 164 Å². The zero-order valence-electron chi connectivity index (χ0n) is 23.2. The molecule has 4 nitrogen and oxygen atoms in total. The van der Waals surface area contributed by atoms with E-state index < -0.39 is 0 Å². The molecule has 0 aromatic heterocycles. The summed E-state index contributed by atoms with van der Waals surface area (Å²) in [6.45, 7) is 4.31. The third-order valence-corrected chi connectivity index (χ3v) is 6.98. The Morgan fingerprint density at radius 3 is 1.05 bits per heavy atom. The van der Waals surface area contributed by atoms with E-state index in [1.54, 1.807) is 0 Å². The quantitative estimate of drug-likeness (QED) is 0.139. The molecule has 0 aliphatic carbocycles. The van der Waals surface area contributed by atoms with Crippen LogP contribution in [-0.4, -0.2) is 0 Å². The maximum absolute atomic E-state index is 4.31. The SMILES string of the molecule is C=Cc1c(Nc2ccccc2)c(Nc2ccccc2)c(Nc2ccccc2)c(Nc2ccccc2)c1-c1ccccc1. The lowest BCUT2D eigenvalue weighted by atomic mass is 9.92. The van der Waals surface area contributed by atoms with Crippen LogP contribution in [0.1, 0.15) is 5.56 Å². The average Bonchev–Trinajstić information content (AvgIpc) is 3.06. The van der Waals surface area contributed by atoms with E-state index in [9.17, 15) is 0 Å². The first-order chi connectivity index (χ1) is 20.8. The number of benzene rings is 6. The van der Waals surface area contributed by atoms with Crippen molar-refractivity contribution in [1.82, 2.24) is 0 Å². The van der Waals surface area contributed by atoms with Crippen LogP contribution in [0.3, 0.4) is 0 Å². The summed E-state index contributed by atoms with van der Waals surface area (Å²) in [6.07, 6.45) is 1.94. The molecule has 0 saturated heterocycles. The van der Waals surface area contributed by atoms with E-state index in [0.29, 0.717) is 0 Å². The molecule has 6 aromatic rings. The zero-order valence-corrected chi connectivity index (χ0v) is 23.2. The van der Waals surface area contributed by atoms with E-state index in [-0.39, 0.29) is 0 Å². The van der Waals surface area contributed by atoms with Gasteiger partial charge in [-0.2, -0.15) is 0 Å². The minimum Gasteiger partial charge on any atom is -0.353 e. The van der Waals surface area contributed by atoms with Crippen molar-refractivity contribution < 1.29 is 0 Å². The minimum absolute atomic E-state index is 0.891. The van der Waals surface area contributed by atoms with Crippen molar-refractivity contribution in [2.24, 2.45) is 0 Å². The molecule has 0 saturated carbocycles. The van der Waals surface area contributed by atoms with Gasteiger partial charge in [0, 0.05) is 33.9 Å². The Labute approximate surface area is 247 Å². The molecule has 4 heteroatoms. The highest BCUT2D eigenvalue weighted by atomic mass is 15.0. The number of hydrogen-bond donors (Lipinski definition) is 4. The first-order valence-corrected chi connectivity index (χ1v) is 14.0. The van der Waals surface area contributed by atoms with E-state index in [1.165, 1.54) is 0 Å². The maximum Gasteiger partial charge on any atom is 0.0891 e. The van der Waals surface area contributed by atoms with Crippen LogP contribution >= 0.6 is 0 Å². The Kier molecular flexibility index (Phi) is 7.96. The van der Waals surface area contributed by atoms with Crippen LogP contribution in [0.5, 0.6) is 0 Å². The average molecular weight is 545 g/mol. The maximum atomic E-state index is 4.31. The van der Waals surface area contributed by atoms with Crippen molar-refractivity contribution in [1.29, 1.82) is 0 Å². The van der Waals surface area contributed by atoms with Gasteiger partial charge in [-0.1, -0.05) is 116 Å². The van der Waals surface area contributed by atoms with Gasteiger partial charge in [0.2, 0.25) is 0 Å². The molecule has 0 fully saturated rings. The number of rotatable bonds is 10. The van der Waals surface area contributed by atoms with Crippen molar-refractivity contribution in [3.8, 4) is 11.1 Å². The van der Waals surface area contributed by atoms with Gasteiger partial charge < -0.3 is 21.3 Å². The van der Waals surface area contributed by atoms with Crippen LogP contribution in [0.2, 0.25) is 0 Å². The molecule has 42 heavy (non-hydrogen) atoms. The Morgan fingerprint density at radius 1 is 0.357 bits per heavy atom. The van der Waals surface area contributed by atoms with Gasteiger partial charge >= 0.3 is 0 Å². The monoisotopic (exact) mass is 544 g/mol. The van der Waals surface area contributed by atoms with Crippen molar-refractivity contribution in [2.45, 2.75) is 0 Å². The molecular weight excluding hydrogens is 512 g/mol. The molecule has 6 aromatic carbocycles. The molecule has 204 valence electrons. The highest BCUT2D eigenvalue weighted by molar-refractivity contribution is 6.09. The lowest BCUT2D eigenvalue weighted by Crippen LogP contribution is -2.09. The molecule has 4 N–H and O–H groups in total. The number of anilines is 8. The van der Waals surface area contributed by atoms with Gasteiger partial charge in [-0.05, 0) is 54.1 Å². The molecule has 0 aliphatic heterocycles. The van der Waals surface area contributed by atoms with Crippen molar-refractivity contribution in [2.75, 3.05) is 21.3 Å². The minimum atomic E-state index is 0.891. The number of nitrogens with one attached hydrogen (secondary N) is 4. The molecule has 0 bridgehead atoms. The summed E-state index contributed by atoms with van der Waals surface area (Å²) in [6, 6.07) is 51.4. The van der Waals surface area contributed by atoms with Crippen LogP contribution in [0.25, 0.3) is 17.2 Å². The van der Waals surface area contributed by atoms with Crippen LogP contribution < -0.4 is 21.3 Å². The molecule has 6 rings (SSSR count). The highest BCUT2D eigenvalue weighted by Crippen LogP contribution is 2.52. The highest BCUT2D eigenvalue weighted by Gasteiger charge is 2.25. The lowest BCUT2D eigenvalue weighted by Gasteiger charge is -2.28. The van der Waals surface area contributed by atoms with Crippen molar-refractivity contribution in [3.63, 3.8) is 0 Å². The second kappa shape index (κ2) is 12.6. The predicted octanol–water partition coefficient (Wildman–Crippen LogP) is 11.0. The molecule has 0 amide bonds. The molecular formula is C38H32N4. The predicted molar refractivity (Wildman–Crippen MR) is 181 cm³/mol. The topological polar surface area (TPSA) is 48.1 Å². The van der Waals surface area contributed by atoms with E-state index in [1.807, 2.05) is 84.9 Å². The fraction of sp³-hybridized carbons (Fsp3) is 0. The largest absolute Gasteiger partial charge is 0.353 e. The Hall–Kier alpha value is -5.74. The summed E-state index contributed by atoms with van der Waals surface area (Å²) < 4.78 is 0. The van der Waals surface area contributed by atoms with Crippen LogP contribution in [0, 0.1) is 0 Å². The van der Waals surface area contributed by atoms with E-state index in [4.69, 9.17) is 0 Å². The van der Waals surface area contributed by atoms with E-state index in [0.717, 1.165) is 62.2 Å². The second-order valence-corrected chi connectivity index (χ2v) is 9.82. The van der Waals surface area contributed by atoms with Crippen LogP contribution in [0.4, 0.5) is 45.5 Å². The summed E-state index contributed by atoms with van der Waals surface area (Å²) in [7, 11) is 0. The van der Waals surface area contributed by atoms with Gasteiger partial charge in [-0.3, -0.25) is 0 Å². The number of para-hydroxylation sites is 4. The molecule has 0 aliphatic rings. The van der Waals surface area contributed by atoms with Gasteiger partial charge in [0.25, 0.3) is 0 Å². The van der Waals surface area contributed by atoms with Crippen LogP contribution in [-0.2, 0) is 0 Å².